The van der Waals surface area contributed by atoms with E-state index in [-0.39, 0.29) is 17.3 Å². The predicted molar refractivity (Wildman–Crippen MR) is 144 cm³/mol. The molecule has 0 aliphatic rings. The van der Waals surface area contributed by atoms with Gasteiger partial charge in [-0.05, 0) is 41.8 Å². The highest BCUT2D eigenvalue weighted by atomic mass is 32.2. The van der Waals surface area contributed by atoms with Crippen LogP contribution in [0.3, 0.4) is 0 Å². The van der Waals surface area contributed by atoms with Gasteiger partial charge in [0.1, 0.15) is 5.82 Å². The molecule has 0 saturated heterocycles. The van der Waals surface area contributed by atoms with E-state index in [1.807, 2.05) is 53.1 Å². The fraction of sp³-hybridized carbons (Fsp3) is 0.222. The van der Waals surface area contributed by atoms with Crippen LogP contribution in [0.5, 0.6) is 11.5 Å². The molecule has 0 unspecified atom stereocenters. The maximum atomic E-state index is 12.6. The highest BCUT2D eigenvalue weighted by Crippen LogP contribution is 2.28. The fourth-order valence-corrected chi connectivity index (χ4v) is 4.63. The number of para-hydroxylation sites is 1. The van der Waals surface area contributed by atoms with Crippen LogP contribution in [0.25, 0.3) is 5.69 Å². The molecule has 0 bridgehead atoms. The molecule has 0 atom stereocenters. The predicted octanol–water partition coefficient (Wildman–Crippen LogP) is 4.23. The lowest BCUT2D eigenvalue weighted by Gasteiger charge is -2.11. The number of carbonyl (C=O) groups excluding carboxylic acids is 1. The maximum absolute atomic E-state index is 12.6. The Hall–Kier alpha value is -4.38. The Balaban J connectivity index is 1.40. The molecular weight excluding hydrogens is 506 g/mol. The van der Waals surface area contributed by atoms with E-state index in [4.69, 9.17) is 9.47 Å². The topological polar surface area (TPSA) is 121 Å². The maximum Gasteiger partial charge on any atom is 0.269 e. The summed E-state index contributed by atoms with van der Waals surface area (Å²) >= 11 is 1.30. The lowest BCUT2D eigenvalue weighted by Crippen LogP contribution is -2.27. The molecule has 38 heavy (non-hydrogen) atoms. The van der Waals surface area contributed by atoms with Gasteiger partial charge in [0.2, 0.25) is 5.91 Å². The molecule has 0 radical (unpaired) electrons. The Morgan fingerprint density at radius 1 is 0.974 bits per heavy atom. The summed E-state index contributed by atoms with van der Waals surface area (Å²) in [4.78, 5) is 23.1. The largest absolute Gasteiger partial charge is 0.493 e. The van der Waals surface area contributed by atoms with Gasteiger partial charge in [-0.2, -0.15) is 0 Å². The zero-order valence-electron chi connectivity index (χ0n) is 21.0. The molecule has 1 aromatic heterocycles. The van der Waals surface area contributed by atoms with Crippen LogP contribution in [0.2, 0.25) is 0 Å². The summed E-state index contributed by atoms with van der Waals surface area (Å²) in [7, 11) is 3.18. The number of carbonyl (C=O) groups is 1. The number of amides is 1. The van der Waals surface area contributed by atoms with Gasteiger partial charge in [0.15, 0.2) is 16.7 Å². The van der Waals surface area contributed by atoms with Crippen molar-refractivity contribution in [3.05, 3.63) is 99.9 Å². The number of rotatable bonds is 12. The first-order valence-electron chi connectivity index (χ1n) is 11.8. The van der Waals surface area contributed by atoms with Crippen LogP contribution < -0.4 is 14.8 Å². The summed E-state index contributed by atoms with van der Waals surface area (Å²) < 4.78 is 12.5. The van der Waals surface area contributed by atoms with Crippen molar-refractivity contribution in [3.63, 3.8) is 0 Å². The zero-order valence-corrected chi connectivity index (χ0v) is 21.8. The van der Waals surface area contributed by atoms with Gasteiger partial charge in [0.05, 0.1) is 24.9 Å². The van der Waals surface area contributed by atoms with E-state index in [0.717, 1.165) is 16.8 Å². The number of nitro groups is 1. The molecule has 4 aromatic rings. The zero-order chi connectivity index (χ0) is 26.9. The molecule has 0 fully saturated rings. The number of hydrogen-bond acceptors (Lipinski definition) is 8. The van der Waals surface area contributed by atoms with Crippen molar-refractivity contribution in [1.29, 1.82) is 0 Å². The third kappa shape index (κ3) is 6.68. The summed E-state index contributed by atoms with van der Waals surface area (Å²) in [6.07, 6.45) is 1.08. The second kappa shape index (κ2) is 12.7. The van der Waals surface area contributed by atoms with E-state index in [9.17, 15) is 14.9 Å². The van der Waals surface area contributed by atoms with E-state index >= 15 is 0 Å². The summed E-state index contributed by atoms with van der Waals surface area (Å²) in [6, 6.07) is 21.7. The Bertz CT molecular complexity index is 1390. The van der Waals surface area contributed by atoms with Crippen LogP contribution in [-0.4, -0.2) is 52.1 Å². The Morgan fingerprint density at radius 3 is 2.37 bits per heavy atom. The number of nitrogens with one attached hydrogen (secondary N) is 1. The average molecular weight is 534 g/mol. The lowest BCUT2D eigenvalue weighted by molar-refractivity contribution is -0.384. The third-order valence-corrected chi connectivity index (χ3v) is 6.67. The molecule has 1 amide bonds. The number of thioether (sulfide) groups is 1. The van der Waals surface area contributed by atoms with Gasteiger partial charge in [-0.3, -0.25) is 19.5 Å². The van der Waals surface area contributed by atoms with Gasteiger partial charge < -0.3 is 14.8 Å². The van der Waals surface area contributed by atoms with E-state index in [1.54, 1.807) is 26.4 Å². The van der Waals surface area contributed by atoms with E-state index in [1.165, 1.54) is 23.9 Å². The number of benzene rings is 3. The number of nitrogens with zero attached hydrogens (tertiary/aromatic N) is 4. The van der Waals surface area contributed by atoms with Gasteiger partial charge in [0.25, 0.3) is 5.69 Å². The van der Waals surface area contributed by atoms with Crippen molar-refractivity contribution >= 4 is 23.4 Å². The minimum absolute atomic E-state index is 0.0339. The van der Waals surface area contributed by atoms with Crippen LogP contribution in [0, 0.1) is 10.1 Å². The molecule has 0 spiro atoms. The number of non-ortho nitro benzene ring substituents is 1. The molecule has 0 saturated carbocycles. The first-order chi connectivity index (χ1) is 18.5. The summed E-state index contributed by atoms with van der Waals surface area (Å²) in [5, 5.41) is 23.2. The Morgan fingerprint density at radius 2 is 1.68 bits per heavy atom. The van der Waals surface area contributed by atoms with Gasteiger partial charge in [-0.25, -0.2) is 0 Å². The Labute approximate surface area is 224 Å². The first kappa shape index (κ1) is 26.7. The third-order valence-electron chi connectivity index (χ3n) is 5.74. The van der Waals surface area contributed by atoms with Crippen molar-refractivity contribution in [2.45, 2.75) is 18.0 Å². The minimum atomic E-state index is -0.427. The van der Waals surface area contributed by atoms with Crippen molar-refractivity contribution in [3.8, 4) is 17.2 Å². The van der Waals surface area contributed by atoms with E-state index < -0.39 is 4.92 Å². The molecule has 0 aliphatic heterocycles. The molecular formula is C27H27N5O5S. The molecule has 4 rings (SSSR count). The molecule has 1 heterocycles. The summed E-state index contributed by atoms with van der Waals surface area (Å²) in [5.41, 5.74) is 2.79. The number of nitro benzene ring substituents is 1. The number of methoxy groups -OCH3 is 2. The number of hydrogen-bond donors (Lipinski definition) is 1. The lowest BCUT2D eigenvalue weighted by atomic mass is 10.1. The van der Waals surface area contributed by atoms with Crippen molar-refractivity contribution in [1.82, 2.24) is 20.1 Å². The van der Waals surface area contributed by atoms with E-state index in [2.05, 4.69) is 15.5 Å². The van der Waals surface area contributed by atoms with Crippen molar-refractivity contribution in [2.75, 3.05) is 26.5 Å². The first-order valence-corrected chi connectivity index (χ1v) is 12.8. The second-order valence-electron chi connectivity index (χ2n) is 8.25. The molecule has 10 nitrogen and oxygen atoms in total. The standard InChI is InChI=1S/C27H27N5O5S/c1-36-23-13-10-20(16-24(23)37-2)14-15-28-26(33)18-38-27-30-29-25(31(27)21-6-4-3-5-7-21)17-19-8-11-22(12-9-19)32(34)35/h3-13,16H,14-15,17-18H2,1-2H3,(H,28,33). The van der Waals surface area contributed by atoms with Crippen LogP contribution >= 0.6 is 11.8 Å². The quantitative estimate of drug-likeness (QED) is 0.163. The molecule has 196 valence electrons. The van der Waals surface area contributed by atoms with Gasteiger partial charge in [0, 0.05) is 30.8 Å². The fourth-order valence-electron chi connectivity index (χ4n) is 3.83. The normalized spacial score (nSPS) is 10.7. The monoisotopic (exact) mass is 533 g/mol. The summed E-state index contributed by atoms with van der Waals surface area (Å²) in [6.45, 7) is 0.478. The second-order valence-corrected chi connectivity index (χ2v) is 9.19. The van der Waals surface area contributed by atoms with E-state index in [0.29, 0.717) is 41.9 Å². The highest BCUT2D eigenvalue weighted by Gasteiger charge is 2.17. The molecule has 11 heteroatoms. The SMILES string of the molecule is COc1ccc(CCNC(=O)CSc2nnc(Cc3ccc([N+](=O)[O-])cc3)n2-c2ccccc2)cc1OC. The van der Waals surface area contributed by atoms with Crippen LogP contribution in [-0.2, 0) is 17.6 Å². The average Bonchev–Trinajstić information content (AvgIpc) is 3.34. The van der Waals surface area contributed by atoms with Gasteiger partial charge in [-0.1, -0.05) is 48.2 Å². The van der Waals surface area contributed by atoms with Gasteiger partial charge >= 0.3 is 0 Å². The Kier molecular flexibility index (Phi) is 8.94. The minimum Gasteiger partial charge on any atom is -0.493 e. The smallest absolute Gasteiger partial charge is 0.269 e. The van der Waals surface area contributed by atoms with Crippen molar-refractivity contribution < 1.29 is 19.2 Å². The molecule has 1 N–H and O–H groups in total. The number of ether oxygens (including phenoxy) is 2. The van der Waals surface area contributed by atoms with Crippen LogP contribution in [0.1, 0.15) is 17.0 Å². The summed E-state index contributed by atoms with van der Waals surface area (Å²) in [5.74, 6) is 2.04. The number of aromatic nitrogens is 3. The van der Waals surface area contributed by atoms with Crippen LogP contribution in [0.4, 0.5) is 5.69 Å². The van der Waals surface area contributed by atoms with Crippen LogP contribution in [0.15, 0.2) is 78.0 Å². The van der Waals surface area contributed by atoms with Crippen molar-refractivity contribution in [2.24, 2.45) is 0 Å². The van der Waals surface area contributed by atoms with Gasteiger partial charge in [-0.15, -0.1) is 10.2 Å². The molecule has 3 aromatic carbocycles. The highest BCUT2D eigenvalue weighted by molar-refractivity contribution is 7.99. The molecule has 0 aliphatic carbocycles.